The molecule has 2 rings (SSSR count). The van der Waals surface area contributed by atoms with Crippen LogP contribution in [0.4, 0.5) is 4.39 Å². The molecule has 0 aliphatic heterocycles. The molecule has 1 unspecified atom stereocenters. The van der Waals surface area contributed by atoms with Crippen LogP contribution in [0.25, 0.3) is 0 Å². The van der Waals surface area contributed by atoms with Crippen molar-refractivity contribution in [2.45, 2.75) is 25.4 Å². The summed E-state index contributed by atoms with van der Waals surface area (Å²) in [5, 5.41) is 4.86. The molecule has 1 aromatic carbocycles. The number of rotatable bonds is 4. The fourth-order valence-corrected chi connectivity index (χ4v) is 2.55. The van der Waals surface area contributed by atoms with Gasteiger partial charge in [0.2, 0.25) is 5.91 Å². The number of thiophene rings is 1. The monoisotopic (exact) mass is 292 g/mol. The maximum Gasteiger partial charge on any atom is 0.240 e. The second-order valence-corrected chi connectivity index (χ2v) is 6.17. The van der Waals surface area contributed by atoms with Crippen molar-refractivity contribution < 1.29 is 9.18 Å². The third-order valence-corrected chi connectivity index (χ3v) is 3.83. The van der Waals surface area contributed by atoms with E-state index in [0.29, 0.717) is 0 Å². The van der Waals surface area contributed by atoms with E-state index >= 15 is 0 Å². The Morgan fingerprint density at radius 2 is 1.95 bits per heavy atom. The second kappa shape index (κ2) is 5.73. The molecule has 20 heavy (non-hydrogen) atoms. The van der Waals surface area contributed by atoms with E-state index in [0.717, 1.165) is 10.4 Å². The summed E-state index contributed by atoms with van der Waals surface area (Å²) in [5.74, 6) is -0.551. The molecule has 3 nitrogen and oxygen atoms in total. The lowest BCUT2D eigenvalue weighted by molar-refractivity contribution is -0.125. The van der Waals surface area contributed by atoms with Gasteiger partial charge in [0, 0.05) is 4.88 Å². The van der Waals surface area contributed by atoms with E-state index in [9.17, 15) is 9.18 Å². The van der Waals surface area contributed by atoms with E-state index in [2.05, 4.69) is 5.32 Å². The first-order chi connectivity index (χ1) is 9.38. The molecule has 1 amide bonds. The minimum atomic E-state index is -0.963. The van der Waals surface area contributed by atoms with Gasteiger partial charge in [-0.3, -0.25) is 4.79 Å². The van der Waals surface area contributed by atoms with Crippen molar-refractivity contribution in [1.29, 1.82) is 0 Å². The van der Waals surface area contributed by atoms with E-state index in [1.807, 2.05) is 17.5 Å². The molecule has 0 aliphatic rings. The minimum Gasteiger partial charge on any atom is -0.343 e. The Labute approximate surface area is 121 Å². The molecule has 0 radical (unpaired) electrons. The summed E-state index contributed by atoms with van der Waals surface area (Å²) >= 11 is 1.53. The molecular formula is C15H17FN2OS. The lowest BCUT2D eigenvalue weighted by Gasteiger charge is -2.24. The first-order valence-electron chi connectivity index (χ1n) is 6.26. The van der Waals surface area contributed by atoms with Crippen molar-refractivity contribution in [3.63, 3.8) is 0 Å². The van der Waals surface area contributed by atoms with Gasteiger partial charge in [0.25, 0.3) is 0 Å². The molecule has 5 heteroatoms. The van der Waals surface area contributed by atoms with Crippen molar-refractivity contribution in [3.05, 3.63) is 58.0 Å². The molecule has 0 saturated heterocycles. The van der Waals surface area contributed by atoms with Crippen molar-refractivity contribution in [1.82, 2.24) is 5.32 Å². The molecule has 0 fully saturated rings. The Morgan fingerprint density at radius 1 is 1.30 bits per heavy atom. The van der Waals surface area contributed by atoms with Crippen molar-refractivity contribution >= 4 is 17.2 Å². The quantitative estimate of drug-likeness (QED) is 0.910. The normalized spacial score (nSPS) is 13.0. The zero-order chi connectivity index (χ0) is 14.8. The summed E-state index contributed by atoms with van der Waals surface area (Å²) in [4.78, 5) is 13.1. The predicted octanol–water partition coefficient (Wildman–Crippen LogP) is 2.83. The first kappa shape index (κ1) is 14.7. The Hall–Kier alpha value is -1.72. The highest BCUT2D eigenvalue weighted by molar-refractivity contribution is 7.10. The highest BCUT2D eigenvalue weighted by Crippen LogP contribution is 2.26. The van der Waals surface area contributed by atoms with Gasteiger partial charge < -0.3 is 11.1 Å². The van der Waals surface area contributed by atoms with Crippen LogP contribution in [-0.4, -0.2) is 11.4 Å². The summed E-state index contributed by atoms with van der Waals surface area (Å²) in [6.45, 7) is 3.30. The van der Waals surface area contributed by atoms with E-state index < -0.39 is 5.54 Å². The number of hydrogen-bond donors (Lipinski definition) is 2. The van der Waals surface area contributed by atoms with Crippen LogP contribution < -0.4 is 11.1 Å². The summed E-state index contributed by atoms with van der Waals surface area (Å²) in [5.41, 5.74) is 5.68. The van der Waals surface area contributed by atoms with Crippen LogP contribution in [0, 0.1) is 5.82 Å². The van der Waals surface area contributed by atoms with Crippen LogP contribution >= 0.6 is 11.3 Å². The maximum atomic E-state index is 13.0. The van der Waals surface area contributed by atoms with Gasteiger partial charge >= 0.3 is 0 Å². The predicted molar refractivity (Wildman–Crippen MR) is 79.0 cm³/mol. The maximum absolute atomic E-state index is 13.0. The van der Waals surface area contributed by atoms with Crippen molar-refractivity contribution in [3.8, 4) is 0 Å². The molecule has 1 atom stereocenters. The van der Waals surface area contributed by atoms with Gasteiger partial charge in [-0.05, 0) is 43.0 Å². The lowest BCUT2D eigenvalue weighted by atomic mass is 10.0. The number of carbonyl (C=O) groups is 1. The molecule has 0 bridgehead atoms. The summed E-state index contributed by atoms with van der Waals surface area (Å²) in [6.07, 6.45) is 0. The van der Waals surface area contributed by atoms with Gasteiger partial charge in [-0.25, -0.2) is 4.39 Å². The number of halogens is 1. The first-order valence-corrected chi connectivity index (χ1v) is 7.14. The average Bonchev–Trinajstić information content (AvgIpc) is 2.89. The minimum absolute atomic E-state index is 0.250. The summed E-state index contributed by atoms with van der Waals surface area (Å²) in [7, 11) is 0. The highest BCUT2D eigenvalue weighted by atomic mass is 32.1. The smallest absolute Gasteiger partial charge is 0.240 e. The number of benzene rings is 1. The van der Waals surface area contributed by atoms with Gasteiger partial charge in [-0.1, -0.05) is 18.2 Å². The third-order valence-electron chi connectivity index (χ3n) is 2.89. The third kappa shape index (κ3) is 3.43. The van der Waals surface area contributed by atoms with Gasteiger partial charge in [0.1, 0.15) is 5.82 Å². The number of carbonyl (C=O) groups excluding carboxylic acids is 1. The topological polar surface area (TPSA) is 55.1 Å². The Balaban J connectivity index is 2.31. The number of nitrogens with two attached hydrogens (primary N) is 1. The molecule has 0 saturated carbocycles. The fourth-order valence-electron chi connectivity index (χ4n) is 1.75. The Kier molecular flexibility index (Phi) is 4.20. The van der Waals surface area contributed by atoms with Crippen LogP contribution in [-0.2, 0) is 4.79 Å². The molecule has 1 aromatic heterocycles. The van der Waals surface area contributed by atoms with Crippen LogP contribution in [0.1, 0.15) is 30.3 Å². The van der Waals surface area contributed by atoms with E-state index in [1.54, 1.807) is 26.0 Å². The van der Waals surface area contributed by atoms with E-state index in [4.69, 9.17) is 5.73 Å². The van der Waals surface area contributed by atoms with Gasteiger partial charge in [0.05, 0.1) is 11.6 Å². The standard InChI is InChI=1S/C15H17FN2OS/c1-15(2,17)14(19)18-13(12-4-3-9-20-12)10-5-7-11(16)8-6-10/h3-9,13H,17H2,1-2H3,(H,18,19). The summed E-state index contributed by atoms with van der Waals surface area (Å²) in [6, 6.07) is 9.64. The highest BCUT2D eigenvalue weighted by Gasteiger charge is 2.26. The molecule has 0 aliphatic carbocycles. The molecule has 0 spiro atoms. The summed E-state index contributed by atoms with van der Waals surface area (Å²) < 4.78 is 13.0. The van der Waals surface area contributed by atoms with Crippen LogP contribution in [0.5, 0.6) is 0 Å². The van der Waals surface area contributed by atoms with E-state index in [1.165, 1.54) is 23.5 Å². The number of nitrogens with one attached hydrogen (secondary N) is 1. The van der Waals surface area contributed by atoms with Crippen LogP contribution in [0.15, 0.2) is 41.8 Å². The zero-order valence-corrected chi connectivity index (χ0v) is 12.2. The van der Waals surface area contributed by atoms with Crippen LogP contribution in [0.2, 0.25) is 0 Å². The number of hydrogen-bond acceptors (Lipinski definition) is 3. The molecule has 2 aromatic rings. The fraction of sp³-hybridized carbons (Fsp3) is 0.267. The largest absolute Gasteiger partial charge is 0.343 e. The second-order valence-electron chi connectivity index (χ2n) is 5.20. The lowest BCUT2D eigenvalue weighted by Crippen LogP contribution is -2.50. The average molecular weight is 292 g/mol. The van der Waals surface area contributed by atoms with Gasteiger partial charge in [0.15, 0.2) is 0 Å². The molecule has 106 valence electrons. The van der Waals surface area contributed by atoms with E-state index in [-0.39, 0.29) is 17.8 Å². The Bertz CT molecular complexity index is 573. The van der Waals surface area contributed by atoms with Crippen LogP contribution in [0.3, 0.4) is 0 Å². The molecular weight excluding hydrogens is 275 g/mol. The SMILES string of the molecule is CC(C)(N)C(=O)NC(c1ccc(F)cc1)c1cccs1. The molecule has 1 heterocycles. The van der Waals surface area contributed by atoms with Gasteiger partial charge in [-0.2, -0.15) is 0 Å². The van der Waals surface area contributed by atoms with Crippen molar-refractivity contribution in [2.75, 3.05) is 0 Å². The van der Waals surface area contributed by atoms with Gasteiger partial charge in [-0.15, -0.1) is 11.3 Å². The van der Waals surface area contributed by atoms with Crippen molar-refractivity contribution in [2.24, 2.45) is 5.73 Å². The Morgan fingerprint density at radius 3 is 2.45 bits per heavy atom. The number of amides is 1. The zero-order valence-electron chi connectivity index (χ0n) is 11.4. The molecule has 3 N–H and O–H groups in total.